The van der Waals surface area contributed by atoms with Crippen LogP contribution in [-0.4, -0.2) is 50.4 Å². The molecule has 0 aromatic heterocycles. The SMILES string of the molecule is CN1CCOC(COc2c(F)cccc2CNC2CC2)C1. The Labute approximate surface area is 125 Å². The quantitative estimate of drug-likeness (QED) is 0.867. The summed E-state index contributed by atoms with van der Waals surface area (Å²) >= 11 is 0. The van der Waals surface area contributed by atoms with Crippen LogP contribution < -0.4 is 10.1 Å². The Bertz CT molecular complexity index is 479. The number of nitrogens with zero attached hydrogens (tertiary/aromatic N) is 1. The summed E-state index contributed by atoms with van der Waals surface area (Å²) in [5.41, 5.74) is 0.881. The normalized spacial score (nSPS) is 23.2. The average molecular weight is 294 g/mol. The molecule has 1 heterocycles. The van der Waals surface area contributed by atoms with E-state index in [1.54, 1.807) is 6.07 Å². The molecule has 1 atom stereocenters. The Kier molecular flexibility index (Phi) is 4.73. The van der Waals surface area contributed by atoms with Crippen molar-refractivity contribution in [3.8, 4) is 5.75 Å². The van der Waals surface area contributed by atoms with Gasteiger partial charge in [-0.3, -0.25) is 0 Å². The number of benzene rings is 1. The molecule has 0 bridgehead atoms. The molecule has 1 aliphatic heterocycles. The van der Waals surface area contributed by atoms with Crippen molar-refractivity contribution >= 4 is 0 Å². The summed E-state index contributed by atoms with van der Waals surface area (Å²) in [6, 6.07) is 5.69. The highest BCUT2D eigenvalue weighted by Gasteiger charge is 2.22. The van der Waals surface area contributed by atoms with E-state index < -0.39 is 0 Å². The predicted molar refractivity (Wildman–Crippen MR) is 79.0 cm³/mol. The highest BCUT2D eigenvalue weighted by atomic mass is 19.1. The third-order valence-electron chi connectivity index (χ3n) is 3.96. The van der Waals surface area contributed by atoms with Gasteiger partial charge in [-0.1, -0.05) is 12.1 Å². The van der Waals surface area contributed by atoms with Crippen molar-refractivity contribution in [2.24, 2.45) is 0 Å². The van der Waals surface area contributed by atoms with Crippen LogP contribution in [-0.2, 0) is 11.3 Å². The van der Waals surface area contributed by atoms with Crippen LogP contribution in [0.5, 0.6) is 5.75 Å². The average Bonchev–Trinajstić information content (AvgIpc) is 3.28. The largest absolute Gasteiger partial charge is 0.487 e. The van der Waals surface area contributed by atoms with Crippen molar-refractivity contribution in [3.05, 3.63) is 29.6 Å². The highest BCUT2D eigenvalue weighted by molar-refractivity contribution is 5.35. The number of halogens is 1. The minimum Gasteiger partial charge on any atom is -0.487 e. The Morgan fingerprint density at radius 1 is 1.43 bits per heavy atom. The third kappa shape index (κ3) is 4.15. The predicted octanol–water partition coefficient (Wildman–Crippen LogP) is 1.79. The van der Waals surface area contributed by atoms with Crippen LogP contribution in [0.2, 0.25) is 0 Å². The van der Waals surface area contributed by atoms with Gasteiger partial charge in [0, 0.05) is 31.2 Å². The molecule has 0 radical (unpaired) electrons. The lowest BCUT2D eigenvalue weighted by Gasteiger charge is -2.30. The molecule has 1 unspecified atom stereocenters. The van der Waals surface area contributed by atoms with Gasteiger partial charge in [-0.15, -0.1) is 0 Å². The van der Waals surface area contributed by atoms with Crippen LogP contribution in [0.25, 0.3) is 0 Å². The van der Waals surface area contributed by atoms with E-state index in [9.17, 15) is 4.39 Å². The third-order valence-corrected chi connectivity index (χ3v) is 3.96. The second kappa shape index (κ2) is 6.73. The maximum atomic E-state index is 14.0. The first-order valence-corrected chi connectivity index (χ1v) is 7.66. The summed E-state index contributed by atoms with van der Waals surface area (Å²) < 4.78 is 25.4. The van der Waals surface area contributed by atoms with E-state index in [1.165, 1.54) is 18.9 Å². The molecule has 1 saturated carbocycles. The monoisotopic (exact) mass is 294 g/mol. The second-order valence-corrected chi connectivity index (χ2v) is 5.95. The maximum absolute atomic E-state index is 14.0. The molecular formula is C16H23FN2O2. The summed E-state index contributed by atoms with van der Waals surface area (Å²) in [6.45, 7) is 3.51. The van der Waals surface area contributed by atoms with E-state index in [0.717, 1.165) is 18.7 Å². The van der Waals surface area contributed by atoms with E-state index in [1.807, 2.05) is 6.07 Å². The molecule has 1 aliphatic carbocycles. The van der Waals surface area contributed by atoms with Gasteiger partial charge in [0.2, 0.25) is 0 Å². The zero-order valence-electron chi connectivity index (χ0n) is 12.5. The molecule has 1 aromatic rings. The number of nitrogens with one attached hydrogen (secondary N) is 1. The van der Waals surface area contributed by atoms with Gasteiger partial charge in [0.25, 0.3) is 0 Å². The molecule has 116 valence electrons. The molecule has 0 amide bonds. The lowest BCUT2D eigenvalue weighted by atomic mass is 10.2. The minimum absolute atomic E-state index is 0.00703. The van der Waals surface area contributed by atoms with Gasteiger partial charge in [0.1, 0.15) is 12.7 Å². The first-order chi connectivity index (χ1) is 10.2. The van der Waals surface area contributed by atoms with Gasteiger partial charge >= 0.3 is 0 Å². The van der Waals surface area contributed by atoms with Gasteiger partial charge in [0.15, 0.2) is 11.6 Å². The summed E-state index contributed by atoms with van der Waals surface area (Å²) in [5, 5.41) is 3.40. The molecule has 1 N–H and O–H groups in total. The summed E-state index contributed by atoms with van der Waals surface area (Å²) in [7, 11) is 2.06. The van der Waals surface area contributed by atoms with Crippen molar-refractivity contribution in [3.63, 3.8) is 0 Å². The number of likely N-dealkylation sites (N-methyl/N-ethyl adjacent to an activating group) is 1. The zero-order chi connectivity index (χ0) is 14.7. The molecule has 1 aromatic carbocycles. The smallest absolute Gasteiger partial charge is 0.165 e. The molecular weight excluding hydrogens is 271 g/mol. The lowest BCUT2D eigenvalue weighted by molar-refractivity contribution is -0.0409. The van der Waals surface area contributed by atoms with Gasteiger partial charge in [-0.25, -0.2) is 4.39 Å². The number of hydrogen-bond acceptors (Lipinski definition) is 4. The highest BCUT2D eigenvalue weighted by Crippen LogP contribution is 2.25. The fourth-order valence-electron chi connectivity index (χ4n) is 2.54. The van der Waals surface area contributed by atoms with Gasteiger partial charge < -0.3 is 19.7 Å². The molecule has 2 fully saturated rings. The molecule has 5 heteroatoms. The van der Waals surface area contributed by atoms with E-state index in [-0.39, 0.29) is 11.9 Å². The molecule has 2 aliphatic rings. The molecule has 1 saturated heterocycles. The molecule has 4 nitrogen and oxygen atoms in total. The van der Waals surface area contributed by atoms with E-state index >= 15 is 0 Å². The Morgan fingerprint density at radius 2 is 2.29 bits per heavy atom. The van der Waals surface area contributed by atoms with Crippen LogP contribution in [0.4, 0.5) is 4.39 Å². The lowest BCUT2D eigenvalue weighted by Crippen LogP contribution is -2.42. The maximum Gasteiger partial charge on any atom is 0.165 e. The Hall–Kier alpha value is -1.17. The second-order valence-electron chi connectivity index (χ2n) is 5.95. The van der Waals surface area contributed by atoms with Gasteiger partial charge in [-0.2, -0.15) is 0 Å². The standard InChI is InChI=1S/C16H23FN2O2/c1-19-7-8-20-14(10-19)11-21-16-12(3-2-4-15(16)17)9-18-13-5-6-13/h2-4,13-14,18H,5-11H2,1H3. The summed E-state index contributed by atoms with van der Waals surface area (Å²) in [5.74, 6) is 0.0664. The Morgan fingerprint density at radius 3 is 3.05 bits per heavy atom. The van der Waals surface area contributed by atoms with E-state index in [0.29, 0.717) is 31.5 Å². The fraction of sp³-hybridized carbons (Fsp3) is 0.625. The molecule has 0 spiro atoms. The number of hydrogen-bond donors (Lipinski definition) is 1. The van der Waals surface area contributed by atoms with E-state index in [2.05, 4.69) is 17.3 Å². The van der Waals surface area contributed by atoms with Crippen molar-refractivity contribution in [2.75, 3.05) is 33.4 Å². The first kappa shape index (κ1) is 14.8. The van der Waals surface area contributed by atoms with Crippen molar-refractivity contribution in [1.29, 1.82) is 0 Å². The Balaban J connectivity index is 1.59. The van der Waals surface area contributed by atoms with Crippen molar-refractivity contribution in [1.82, 2.24) is 10.2 Å². The van der Waals surface area contributed by atoms with E-state index in [4.69, 9.17) is 9.47 Å². The number of morpholine rings is 1. The number of para-hydroxylation sites is 1. The van der Waals surface area contributed by atoms with Crippen molar-refractivity contribution in [2.45, 2.75) is 31.5 Å². The first-order valence-electron chi connectivity index (χ1n) is 7.66. The molecule has 21 heavy (non-hydrogen) atoms. The zero-order valence-corrected chi connectivity index (χ0v) is 12.5. The van der Waals surface area contributed by atoms with Crippen LogP contribution in [0.1, 0.15) is 18.4 Å². The van der Waals surface area contributed by atoms with Gasteiger partial charge in [-0.05, 0) is 26.0 Å². The van der Waals surface area contributed by atoms with Crippen LogP contribution in [0.3, 0.4) is 0 Å². The fourth-order valence-corrected chi connectivity index (χ4v) is 2.54. The number of ether oxygens (including phenoxy) is 2. The van der Waals surface area contributed by atoms with Gasteiger partial charge in [0.05, 0.1) is 6.61 Å². The van der Waals surface area contributed by atoms with Crippen LogP contribution in [0, 0.1) is 5.82 Å². The van der Waals surface area contributed by atoms with Crippen LogP contribution >= 0.6 is 0 Å². The molecule has 3 rings (SSSR count). The minimum atomic E-state index is -0.297. The van der Waals surface area contributed by atoms with Crippen LogP contribution in [0.15, 0.2) is 18.2 Å². The van der Waals surface area contributed by atoms with Crippen molar-refractivity contribution < 1.29 is 13.9 Å². The topological polar surface area (TPSA) is 33.7 Å². The number of rotatable bonds is 6. The summed E-state index contributed by atoms with van der Waals surface area (Å²) in [4.78, 5) is 2.20. The summed E-state index contributed by atoms with van der Waals surface area (Å²) in [6.07, 6.45) is 2.44.